The molecule has 0 saturated heterocycles. The molecule has 8 heteroatoms. The van der Waals surface area contributed by atoms with E-state index in [2.05, 4.69) is 27.9 Å². The van der Waals surface area contributed by atoms with Crippen LogP contribution in [0.2, 0.25) is 0 Å². The average molecular weight is 525 g/mol. The van der Waals surface area contributed by atoms with Gasteiger partial charge < -0.3 is 15.7 Å². The molecule has 0 aliphatic heterocycles. The molecule has 156 valence electrons. The van der Waals surface area contributed by atoms with Crippen LogP contribution in [0.15, 0.2) is 65.2 Å². The zero-order chi connectivity index (χ0) is 19.8. The fraction of sp³-hybridized carbons (Fsp3) is 0.333. The number of aromatic nitrogens is 2. The van der Waals surface area contributed by atoms with Crippen molar-refractivity contribution in [3.05, 3.63) is 76.2 Å². The van der Waals surface area contributed by atoms with E-state index in [-0.39, 0.29) is 24.0 Å². The number of thiophene rings is 1. The van der Waals surface area contributed by atoms with Crippen LogP contribution in [0.1, 0.15) is 29.9 Å². The van der Waals surface area contributed by atoms with Gasteiger partial charge >= 0.3 is 0 Å². The van der Waals surface area contributed by atoms with E-state index in [4.69, 9.17) is 4.99 Å². The Balaban J connectivity index is 0.00000300. The van der Waals surface area contributed by atoms with Crippen LogP contribution in [0.25, 0.3) is 0 Å². The van der Waals surface area contributed by atoms with Gasteiger partial charge in [0.05, 0.1) is 19.6 Å². The molecule has 2 heterocycles. The Kier molecular flexibility index (Phi) is 9.12. The summed E-state index contributed by atoms with van der Waals surface area (Å²) in [7, 11) is 0. The summed E-state index contributed by atoms with van der Waals surface area (Å²) in [5.74, 6) is 0.688. The zero-order valence-corrected chi connectivity index (χ0v) is 19.9. The van der Waals surface area contributed by atoms with Gasteiger partial charge in [0.25, 0.3) is 0 Å². The van der Waals surface area contributed by atoms with Gasteiger partial charge in [-0.25, -0.2) is 4.99 Å². The maximum atomic E-state index is 10.7. The second kappa shape index (κ2) is 11.3. The molecule has 3 aromatic rings. The van der Waals surface area contributed by atoms with Gasteiger partial charge in [-0.05, 0) is 42.5 Å². The lowest BCUT2D eigenvalue weighted by molar-refractivity contribution is 0.0655. The quantitative estimate of drug-likeness (QED) is 0.239. The number of hydrogen-bond acceptors (Lipinski definition) is 4. The van der Waals surface area contributed by atoms with Gasteiger partial charge in [0.2, 0.25) is 0 Å². The normalized spacial score (nSPS) is 13.4. The SMILES string of the molecule is CCNC(=NCc1ccccc1Cn1cccn1)NCC(C)(O)c1cccs1.I. The first-order chi connectivity index (χ1) is 13.6. The highest BCUT2D eigenvalue weighted by Gasteiger charge is 2.24. The van der Waals surface area contributed by atoms with Gasteiger partial charge in [0.15, 0.2) is 5.96 Å². The smallest absolute Gasteiger partial charge is 0.191 e. The summed E-state index contributed by atoms with van der Waals surface area (Å²) in [5, 5.41) is 23.5. The van der Waals surface area contributed by atoms with E-state index in [1.807, 2.05) is 60.4 Å². The molecular formula is C21H28IN5OS. The minimum atomic E-state index is -0.942. The second-order valence-corrected chi connectivity index (χ2v) is 7.72. The Morgan fingerprint density at radius 2 is 1.97 bits per heavy atom. The largest absolute Gasteiger partial charge is 0.383 e. The number of nitrogens with one attached hydrogen (secondary N) is 2. The lowest BCUT2D eigenvalue weighted by Crippen LogP contribution is -2.44. The predicted octanol–water partition coefficient (Wildman–Crippen LogP) is 3.57. The molecule has 3 rings (SSSR count). The molecule has 0 bridgehead atoms. The van der Waals surface area contributed by atoms with Gasteiger partial charge in [-0.15, -0.1) is 35.3 Å². The van der Waals surface area contributed by atoms with Crippen LogP contribution in [-0.2, 0) is 18.7 Å². The van der Waals surface area contributed by atoms with Crippen LogP contribution >= 0.6 is 35.3 Å². The molecule has 2 aromatic heterocycles. The molecule has 0 amide bonds. The van der Waals surface area contributed by atoms with Gasteiger partial charge in [0, 0.05) is 23.8 Å². The summed E-state index contributed by atoms with van der Waals surface area (Å²) >= 11 is 1.55. The molecule has 0 fully saturated rings. The lowest BCUT2D eigenvalue weighted by atomic mass is 10.1. The van der Waals surface area contributed by atoms with E-state index < -0.39 is 5.60 Å². The number of nitrogens with zero attached hydrogens (tertiary/aromatic N) is 3. The molecule has 1 aromatic carbocycles. The molecule has 1 atom stereocenters. The molecule has 6 nitrogen and oxygen atoms in total. The van der Waals surface area contributed by atoms with E-state index in [1.54, 1.807) is 17.5 Å². The number of hydrogen-bond donors (Lipinski definition) is 3. The lowest BCUT2D eigenvalue weighted by Gasteiger charge is -2.23. The van der Waals surface area contributed by atoms with Crippen molar-refractivity contribution >= 4 is 41.3 Å². The summed E-state index contributed by atoms with van der Waals surface area (Å²) in [5.41, 5.74) is 1.40. The van der Waals surface area contributed by atoms with Crippen LogP contribution in [0, 0.1) is 0 Å². The zero-order valence-electron chi connectivity index (χ0n) is 16.7. The third kappa shape index (κ3) is 6.83. The van der Waals surface area contributed by atoms with Gasteiger partial charge in [-0.1, -0.05) is 30.3 Å². The molecule has 0 radical (unpaired) electrons. The highest BCUT2D eigenvalue weighted by Crippen LogP contribution is 2.24. The predicted molar refractivity (Wildman–Crippen MR) is 130 cm³/mol. The van der Waals surface area contributed by atoms with E-state index in [1.165, 1.54) is 5.56 Å². The van der Waals surface area contributed by atoms with E-state index in [9.17, 15) is 5.11 Å². The number of halogens is 1. The summed E-state index contributed by atoms with van der Waals surface area (Å²) < 4.78 is 1.91. The Bertz CT molecular complexity index is 878. The highest BCUT2D eigenvalue weighted by atomic mass is 127. The number of aliphatic hydroxyl groups is 1. The monoisotopic (exact) mass is 525 g/mol. The molecule has 29 heavy (non-hydrogen) atoms. The molecule has 0 aliphatic rings. The van der Waals surface area contributed by atoms with E-state index >= 15 is 0 Å². The third-order valence-electron chi connectivity index (χ3n) is 4.41. The van der Waals surface area contributed by atoms with Gasteiger partial charge in [-0.3, -0.25) is 4.68 Å². The summed E-state index contributed by atoms with van der Waals surface area (Å²) in [4.78, 5) is 5.65. The van der Waals surface area contributed by atoms with Crippen molar-refractivity contribution in [2.45, 2.75) is 32.5 Å². The van der Waals surface area contributed by atoms with Crippen molar-refractivity contribution in [2.24, 2.45) is 4.99 Å². The standard InChI is InChI=1S/C21H27N5OS.HI/c1-3-22-20(24-16-21(2,27)19-10-6-13-28-19)23-14-17-8-4-5-9-18(17)15-26-12-7-11-25-26;/h4-13,27H,3,14-16H2,1-2H3,(H2,22,23,24);1H. The van der Waals surface area contributed by atoms with E-state index in [0.29, 0.717) is 19.0 Å². The minimum absolute atomic E-state index is 0. The molecular weight excluding hydrogens is 497 g/mol. The van der Waals surface area contributed by atoms with Crippen molar-refractivity contribution in [3.63, 3.8) is 0 Å². The number of benzene rings is 1. The fourth-order valence-corrected chi connectivity index (χ4v) is 3.66. The van der Waals surface area contributed by atoms with Gasteiger partial charge in [0.1, 0.15) is 5.60 Å². The molecule has 0 saturated carbocycles. The maximum Gasteiger partial charge on any atom is 0.191 e. The molecule has 0 spiro atoms. The number of guanidine groups is 1. The first-order valence-electron chi connectivity index (χ1n) is 9.41. The maximum absolute atomic E-state index is 10.7. The first-order valence-corrected chi connectivity index (χ1v) is 10.3. The van der Waals surface area contributed by atoms with Crippen LogP contribution in [0.5, 0.6) is 0 Å². The van der Waals surface area contributed by atoms with Gasteiger partial charge in [-0.2, -0.15) is 5.10 Å². The van der Waals surface area contributed by atoms with Crippen molar-refractivity contribution in [2.75, 3.05) is 13.1 Å². The summed E-state index contributed by atoms with van der Waals surface area (Å²) in [6, 6.07) is 14.1. The Morgan fingerprint density at radius 3 is 2.62 bits per heavy atom. The minimum Gasteiger partial charge on any atom is -0.383 e. The second-order valence-electron chi connectivity index (χ2n) is 6.77. The Labute approximate surface area is 193 Å². The molecule has 1 unspecified atom stereocenters. The fourth-order valence-electron chi connectivity index (χ4n) is 2.87. The van der Waals surface area contributed by atoms with E-state index in [0.717, 1.165) is 23.5 Å². The molecule has 3 N–H and O–H groups in total. The Hall–Kier alpha value is -1.91. The summed E-state index contributed by atoms with van der Waals surface area (Å²) in [6.07, 6.45) is 3.74. The summed E-state index contributed by atoms with van der Waals surface area (Å²) in [6.45, 7) is 6.24. The third-order valence-corrected chi connectivity index (χ3v) is 5.54. The Morgan fingerprint density at radius 1 is 1.17 bits per heavy atom. The topological polar surface area (TPSA) is 74.5 Å². The van der Waals surface area contributed by atoms with Crippen LogP contribution < -0.4 is 10.6 Å². The van der Waals surface area contributed by atoms with Crippen molar-refractivity contribution in [3.8, 4) is 0 Å². The molecule has 0 aliphatic carbocycles. The van der Waals surface area contributed by atoms with Crippen LogP contribution in [0.4, 0.5) is 0 Å². The van der Waals surface area contributed by atoms with Crippen molar-refractivity contribution in [1.82, 2.24) is 20.4 Å². The number of rotatable bonds is 8. The highest BCUT2D eigenvalue weighted by molar-refractivity contribution is 14.0. The average Bonchev–Trinajstić information content (AvgIpc) is 3.39. The number of aliphatic imine (C=N–C) groups is 1. The van der Waals surface area contributed by atoms with Crippen LogP contribution in [0.3, 0.4) is 0 Å². The first kappa shape index (κ1) is 23.4. The van der Waals surface area contributed by atoms with Crippen molar-refractivity contribution in [1.29, 1.82) is 0 Å². The van der Waals surface area contributed by atoms with Crippen LogP contribution in [-0.4, -0.2) is 33.9 Å². The van der Waals surface area contributed by atoms with Crippen molar-refractivity contribution < 1.29 is 5.11 Å².